The molecule has 7 atom stereocenters. The number of aryl methyl sites for hydroxylation is 1. The smallest absolute Gasteiger partial charge is 0.342 e. The van der Waals surface area contributed by atoms with Crippen molar-refractivity contribution in [3.63, 3.8) is 0 Å². The maximum absolute atomic E-state index is 13.5. The van der Waals surface area contributed by atoms with Crippen LogP contribution >= 0.6 is 7.52 Å². The molecule has 190 valence electrons. The van der Waals surface area contributed by atoms with Crippen molar-refractivity contribution in [2.24, 2.45) is 17.3 Å². The van der Waals surface area contributed by atoms with Crippen molar-refractivity contribution < 1.29 is 28.5 Å². The summed E-state index contributed by atoms with van der Waals surface area (Å²) in [6.07, 6.45) is 5.70. The molecule has 0 bridgehead atoms. The second-order valence-electron chi connectivity index (χ2n) is 10.9. The van der Waals surface area contributed by atoms with Gasteiger partial charge in [0.05, 0.1) is 12.2 Å². The molecule has 1 aromatic carbocycles. The number of rotatable bonds is 8. The molecule has 0 heterocycles. The summed E-state index contributed by atoms with van der Waals surface area (Å²) >= 11 is 0. The SMILES string of the molecule is COCP(=O)(N[C@@H](C)C(=O)OC(C)C)Oc1ccc2c(c1)CC[C@@H]1[C@H]3CC[C@@H](O)[C@]3(C)CC[C@@H]21. The largest absolute Gasteiger partial charge is 0.462 e. The number of ether oxygens (including phenoxy) is 2. The highest BCUT2D eigenvalue weighted by Gasteiger charge is 2.54. The van der Waals surface area contributed by atoms with E-state index in [1.807, 2.05) is 12.1 Å². The van der Waals surface area contributed by atoms with Crippen molar-refractivity contribution >= 4 is 13.5 Å². The molecule has 0 spiro atoms. The molecule has 2 saturated carbocycles. The Balaban J connectivity index is 1.49. The van der Waals surface area contributed by atoms with E-state index in [1.54, 1.807) is 20.8 Å². The number of nitrogens with one attached hydrogen (secondary N) is 1. The van der Waals surface area contributed by atoms with E-state index in [2.05, 4.69) is 18.1 Å². The highest BCUT2D eigenvalue weighted by Crippen LogP contribution is 2.61. The fourth-order valence-corrected chi connectivity index (χ4v) is 8.37. The van der Waals surface area contributed by atoms with Crippen LogP contribution in [-0.4, -0.2) is 42.8 Å². The summed E-state index contributed by atoms with van der Waals surface area (Å²) in [7, 11) is -2.03. The molecular weight excluding hydrogens is 453 g/mol. The zero-order valence-corrected chi connectivity index (χ0v) is 22.0. The van der Waals surface area contributed by atoms with E-state index in [9.17, 15) is 14.5 Å². The Morgan fingerprint density at radius 2 is 2.00 bits per heavy atom. The molecule has 2 N–H and O–H groups in total. The summed E-state index contributed by atoms with van der Waals surface area (Å²) in [6.45, 7) is 7.45. The van der Waals surface area contributed by atoms with Crippen molar-refractivity contribution in [1.82, 2.24) is 5.09 Å². The number of hydrogen-bond acceptors (Lipinski definition) is 6. The van der Waals surface area contributed by atoms with E-state index < -0.39 is 19.5 Å². The van der Waals surface area contributed by atoms with Crippen molar-refractivity contribution in [2.75, 3.05) is 13.5 Å². The first-order chi connectivity index (χ1) is 16.1. The number of methoxy groups -OCH3 is 1. The van der Waals surface area contributed by atoms with Gasteiger partial charge in [0, 0.05) is 7.11 Å². The third-order valence-corrected chi connectivity index (χ3v) is 10.2. The topological polar surface area (TPSA) is 94.1 Å². The van der Waals surface area contributed by atoms with Crippen LogP contribution in [0.15, 0.2) is 18.2 Å². The summed E-state index contributed by atoms with van der Waals surface area (Å²) < 4.78 is 29.8. The first kappa shape index (κ1) is 25.7. The molecule has 7 nitrogen and oxygen atoms in total. The standard InChI is InChI=1S/C26H40NO6P/c1-16(2)32-25(29)17(3)27-34(30,15-31-5)33-19-7-9-20-18(14-19)6-8-22-21(20)12-13-26(4)23(22)10-11-24(26)28/h7,9,14,16-17,21-24,28H,6,8,10-13,15H2,1-5H3,(H,27,30)/t17-,21-,22-,23+,24+,26+,34?/m0/s1. The molecule has 0 aliphatic heterocycles. The third-order valence-electron chi connectivity index (χ3n) is 8.30. The van der Waals surface area contributed by atoms with E-state index in [1.165, 1.54) is 18.2 Å². The van der Waals surface area contributed by atoms with Crippen LogP contribution in [-0.2, 0) is 25.3 Å². The lowest BCUT2D eigenvalue weighted by atomic mass is 9.55. The number of esters is 1. The van der Waals surface area contributed by atoms with Gasteiger partial charge < -0.3 is 19.1 Å². The van der Waals surface area contributed by atoms with Crippen LogP contribution in [0.5, 0.6) is 5.75 Å². The molecule has 8 heteroatoms. The normalized spacial score (nSPS) is 32.8. The molecule has 1 aromatic rings. The molecule has 4 rings (SSSR count). The van der Waals surface area contributed by atoms with Gasteiger partial charge in [-0.2, -0.15) is 0 Å². The zero-order chi connectivity index (χ0) is 24.7. The van der Waals surface area contributed by atoms with Gasteiger partial charge >= 0.3 is 13.5 Å². The lowest BCUT2D eigenvalue weighted by Gasteiger charge is -2.50. The first-order valence-electron chi connectivity index (χ1n) is 12.6. The van der Waals surface area contributed by atoms with Crippen LogP contribution in [0, 0.1) is 17.3 Å². The average Bonchev–Trinajstić information content (AvgIpc) is 3.07. The van der Waals surface area contributed by atoms with Gasteiger partial charge in [-0.05, 0) is 106 Å². The second kappa shape index (κ2) is 9.93. The third kappa shape index (κ3) is 4.95. The van der Waals surface area contributed by atoms with Crippen LogP contribution in [0.25, 0.3) is 0 Å². The first-order valence-corrected chi connectivity index (χ1v) is 14.4. The molecule has 2 fully saturated rings. The minimum atomic E-state index is -3.49. The van der Waals surface area contributed by atoms with E-state index in [-0.39, 0.29) is 24.0 Å². The molecule has 0 saturated heterocycles. The van der Waals surface area contributed by atoms with Gasteiger partial charge in [0.2, 0.25) is 0 Å². The number of aliphatic hydroxyl groups is 1. The van der Waals surface area contributed by atoms with Gasteiger partial charge in [0.15, 0.2) is 0 Å². The molecule has 0 aromatic heterocycles. The Kier molecular flexibility index (Phi) is 7.50. The highest BCUT2D eigenvalue weighted by molar-refractivity contribution is 7.57. The number of aliphatic hydroxyl groups excluding tert-OH is 1. The van der Waals surface area contributed by atoms with Crippen molar-refractivity contribution in [2.45, 2.75) is 90.4 Å². The monoisotopic (exact) mass is 493 g/mol. The van der Waals surface area contributed by atoms with Gasteiger partial charge in [-0.3, -0.25) is 9.36 Å². The van der Waals surface area contributed by atoms with Crippen LogP contribution in [0.3, 0.4) is 0 Å². The average molecular weight is 494 g/mol. The van der Waals surface area contributed by atoms with Crippen molar-refractivity contribution in [3.8, 4) is 5.75 Å². The Bertz CT molecular complexity index is 951. The minimum Gasteiger partial charge on any atom is -0.462 e. The van der Waals surface area contributed by atoms with E-state index in [0.717, 1.165) is 38.5 Å². The Labute approximate surface area is 203 Å². The molecular formula is C26H40NO6P. The number of benzene rings is 1. The lowest BCUT2D eigenvalue weighted by Crippen LogP contribution is -2.43. The fourth-order valence-electron chi connectivity index (χ4n) is 6.70. The minimum absolute atomic E-state index is 0.0631. The van der Waals surface area contributed by atoms with Gasteiger partial charge in [-0.1, -0.05) is 13.0 Å². The van der Waals surface area contributed by atoms with Gasteiger partial charge in [0.1, 0.15) is 18.1 Å². The molecule has 0 amide bonds. The summed E-state index contributed by atoms with van der Waals surface area (Å²) in [6, 6.07) is 5.23. The predicted octanol–water partition coefficient (Wildman–Crippen LogP) is 5.01. The quantitative estimate of drug-likeness (QED) is 0.388. The highest BCUT2D eigenvalue weighted by atomic mass is 31.2. The Morgan fingerprint density at radius 3 is 2.71 bits per heavy atom. The molecule has 0 radical (unpaired) electrons. The molecule has 3 aliphatic carbocycles. The molecule has 1 unspecified atom stereocenters. The van der Waals surface area contributed by atoms with Crippen LogP contribution < -0.4 is 9.61 Å². The maximum Gasteiger partial charge on any atom is 0.342 e. The molecule has 3 aliphatic rings. The second-order valence-corrected chi connectivity index (χ2v) is 13.0. The van der Waals surface area contributed by atoms with Gasteiger partial charge in [-0.15, -0.1) is 0 Å². The summed E-state index contributed by atoms with van der Waals surface area (Å²) in [5, 5.41) is 13.4. The van der Waals surface area contributed by atoms with Crippen LogP contribution in [0.4, 0.5) is 0 Å². The zero-order valence-electron chi connectivity index (χ0n) is 21.1. The van der Waals surface area contributed by atoms with E-state index in [4.69, 9.17) is 14.0 Å². The fraction of sp³-hybridized carbons (Fsp3) is 0.731. The number of carbonyl (C=O) groups excluding carboxylic acids is 1. The Hall–Kier alpha value is -1.40. The summed E-state index contributed by atoms with van der Waals surface area (Å²) in [5.41, 5.74) is 2.68. The van der Waals surface area contributed by atoms with Crippen molar-refractivity contribution in [3.05, 3.63) is 29.3 Å². The number of fused-ring (bicyclic) bond motifs is 5. The summed E-state index contributed by atoms with van der Waals surface area (Å²) in [4.78, 5) is 12.2. The van der Waals surface area contributed by atoms with Crippen molar-refractivity contribution in [1.29, 1.82) is 0 Å². The Morgan fingerprint density at radius 1 is 1.24 bits per heavy atom. The van der Waals surface area contributed by atoms with Crippen LogP contribution in [0.2, 0.25) is 0 Å². The molecule has 34 heavy (non-hydrogen) atoms. The maximum atomic E-state index is 13.5. The van der Waals surface area contributed by atoms with Crippen LogP contribution in [0.1, 0.15) is 76.8 Å². The number of hydrogen-bond donors (Lipinski definition) is 2. The van der Waals surface area contributed by atoms with E-state index in [0.29, 0.717) is 23.5 Å². The lowest BCUT2D eigenvalue weighted by molar-refractivity contribution is -0.149. The van der Waals surface area contributed by atoms with Gasteiger partial charge in [0.25, 0.3) is 0 Å². The van der Waals surface area contributed by atoms with Gasteiger partial charge in [-0.25, -0.2) is 5.09 Å². The summed E-state index contributed by atoms with van der Waals surface area (Å²) in [5.74, 6) is 1.75. The predicted molar refractivity (Wildman–Crippen MR) is 131 cm³/mol. The number of carbonyl (C=O) groups is 1. The van der Waals surface area contributed by atoms with E-state index >= 15 is 0 Å².